The van der Waals surface area contributed by atoms with Gasteiger partial charge in [-0.25, -0.2) is 9.37 Å². The van der Waals surface area contributed by atoms with Crippen LogP contribution in [0, 0.1) is 15.9 Å². The van der Waals surface area contributed by atoms with Gasteiger partial charge in [0.1, 0.15) is 5.82 Å². The molecule has 0 aliphatic carbocycles. The molecule has 4 rings (SSSR count). The maximum Gasteiger partial charge on any atom is 0.280 e. The lowest BCUT2D eigenvalue weighted by molar-refractivity contribution is -0.384. The molecule has 0 fully saturated rings. The number of hydrogen-bond acceptors (Lipinski definition) is 5. The molecule has 8 nitrogen and oxygen atoms in total. The first kappa shape index (κ1) is 18.9. The number of amides is 1. The van der Waals surface area contributed by atoms with Gasteiger partial charge in [0.2, 0.25) is 0 Å². The molecule has 30 heavy (non-hydrogen) atoms. The summed E-state index contributed by atoms with van der Waals surface area (Å²) in [5.74, 6) is -0.996. The molecule has 1 N–H and O–H groups in total. The Balaban J connectivity index is 1.82. The second-order valence-corrected chi connectivity index (χ2v) is 6.34. The quantitative estimate of drug-likeness (QED) is 0.414. The van der Waals surface area contributed by atoms with E-state index in [-0.39, 0.29) is 22.5 Å². The highest BCUT2D eigenvalue weighted by Gasteiger charge is 2.16. The molecule has 148 valence electrons. The summed E-state index contributed by atoms with van der Waals surface area (Å²) in [6.07, 6.45) is 0. The molecule has 0 atom stereocenters. The predicted octanol–water partition coefficient (Wildman–Crippen LogP) is 3.49. The highest BCUT2D eigenvalue weighted by molar-refractivity contribution is 6.00. The summed E-state index contributed by atoms with van der Waals surface area (Å²) in [5.41, 5.74) is 2.76. The van der Waals surface area contributed by atoms with Gasteiger partial charge in [0.15, 0.2) is 5.82 Å². The summed E-state index contributed by atoms with van der Waals surface area (Å²) in [7, 11) is 0. The summed E-state index contributed by atoms with van der Waals surface area (Å²) >= 11 is 0. The topological polar surface area (TPSA) is 107 Å². The first-order valence-electron chi connectivity index (χ1n) is 8.77. The van der Waals surface area contributed by atoms with Gasteiger partial charge in [0.25, 0.3) is 17.2 Å². The molecule has 0 spiro atoms. The van der Waals surface area contributed by atoms with Crippen LogP contribution < -0.4 is 11.0 Å². The van der Waals surface area contributed by atoms with E-state index < -0.39 is 22.2 Å². The van der Waals surface area contributed by atoms with Crippen LogP contribution in [-0.4, -0.2) is 20.5 Å². The Bertz CT molecular complexity index is 1330. The summed E-state index contributed by atoms with van der Waals surface area (Å²) in [6, 6.07) is 16.9. The summed E-state index contributed by atoms with van der Waals surface area (Å²) < 4.78 is 14.3. The first-order chi connectivity index (χ1) is 14.4. The van der Waals surface area contributed by atoms with Crippen molar-refractivity contribution in [3.05, 3.63) is 105 Å². The van der Waals surface area contributed by atoms with Crippen molar-refractivity contribution >= 4 is 22.5 Å². The smallest absolute Gasteiger partial charge is 0.267 e. The minimum Gasteiger partial charge on any atom is -0.267 e. The fourth-order valence-corrected chi connectivity index (χ4v) is 2.93. The van der Waals surface area contributed by atoms with Crippen molar-refractivity contribution in [1.29, 1.82) is 0 Å². The van der Waals surface area contributed by atoms with Crippen molar-refractivity contribution in [2.75, 3.05) is 5.43 Å². The zero-order valence-corrected chi connectivity index (χ0v) is 15.3. The standard InChI is InChI=1S/C21H13FN4O4/c22-15-9-5-13(6-10-15)19-23-18-4-2-1-3-17(18)21(28)25(19)24-20(27)14-7-11-16(12-8-14)26(29)30/h1-12H,(H,24,27). The fourth-order valence-electron chi connectivity index (χ4n) is 2.93. The van der Waals surface area contributed by atoms with Gasteiger partial charge in [-0.15, -0.1) is 0 Å². The number of fused-ring (bicyclic) bond motifs is 1. The SMILES string of the molecule is O=C(Nn1c(-c2ccc(F)cc2)nc2ccccc2c1=O)c1ccc([N+](=O)[O-])cc1. The third-order valence-corrected chi connectivity index (χ3v) is 4.43. The number of nitrogens with zero attached hydrogens (tertiary/aromatic N) is 3. The highest BCUT2D eigenvalue weighted by atomic mass is 19.1. The van der Waals surface area contributed by atoms with Crippen molar-refractivity contribution in [2.24, 2.45) is 0 Å². The number of nitro benzene ring substituents is 1. The molecule has 1 amide bonds. The summed E-state index contributed by atoms with van der Waals surface area (Å²) in [4.78, 5) is 40.4. The van der Waals surface area contributed by atoms with Crippen LogP contribution in [0.1, 0.15) is 10.4 Å². The van der Waals surface area contributed by atoms with Crippen LogP contribution in [0.25, 0.3) is 22.3 Å². The van der Waals surface area contributed by atoms with E-state index in [9.17, 15) is 24.1 Å². The average molecular weight is 404 g/mol. The lowest BCUT2D eigenvalue weighted by Crippen LogP contribution is -2.35. The number of benzene rings is 3. The molecule has 1 heterocycles. The van der Waals surface area contributed by atoms with Gasteiger partial charge in [0.05, 0.1) is 15.8 Å². The Morgan fingerprint density at radius 3 is 2.33 bits per heavy atom. The van der Waals surface area contributed by atoms with E-state index in [1.165, 1.54) is 48.5 Å². The molecule has 3 aromatic carbocycles. The van der Waals surface area contributed by atoms with Crippen LogP contribution in [0.3, 0.4) is 0 Å². The van der Waals surface area contributed by atoms with Gasteiger partial charge in [-0.1, -0.05) is 12.1 Å². The van der Waals surface area contributed by atoms with Gasteiger partial charge in [0, 0.05) is 23.3 Å². The van der Waals surface area contributed by atoms with E-state index in [4.69, 9.17) is 0 Å². The number of para-hydroxylation sites is 1. The highest BCUT2D eigenvalue weighted by Crippen LogP contribution is 2.19. The van der Waals surface area contributed by atoms with E-state index in [0.717, 1.165) is 4.68 Å². The third-order valence-electron chi connectivity index (χ3n) is 4.43. The van der Waals surface area contributed by atoms with E-state index >= 15 is 0 Å². The summed E-state index contributed by atoms with van der Waals surface area (Å²) in [5, 5.41) is 11.1. The molecule has 0 aliphatic heterocycles. The molecule has 0 aliphatic rings. The number of non-ortho nitro benzene ring substituents is 1. The molecule has 0 radical (unpaired) electrons. The fraction of sp³-hybridized carbons (Fsp3) is 0. The van der Waals surface area contributed by atoms with Crippen LogP contribution in [0.15, 0.2) is 77.6 Å². The van der Waals surface area contributed by atoms with Crippen LogP contribution >= 0.6 is 0 Å². The van der Waals surface area contributed by atoms with Crippen molar-refractivity contribution in [1.82, 2.24) is 9.66 Å². The molecule has 1 aromatic heterocycles. The molecular formula is C21H13FN4O4. The van der Waals surface area contributed by atoms with Crippen LogP contribution in [0.5, 0.6) is 0 Å². The number of carbonyl (C=O) groups excluding carboxylic acids is 1. The normalized spacial score (nSPS) is 10.7. The van der Waals surface area contributed by atoms with Crippen LogP contribution in [0.4, 0.5) is 10.1 Å². The van der Waals surface area contributed by atoms with Gasteiger partial charge in [-0.3, -0.25) is 25.1 Å². The van der Waals surface area contributed by atoms with Crippen LogP contribution in [0.2, 0.25) is 0 Å². The second kappa shape index (κ2) is 7.55. The van der Waals surface area contributed by atoms with Crippen molar-refractivity contribution in [2.45, 2.75) is 0 Å². The maximum absolute atomic E-state index is 13.3. The monoisotopic (exact) mass is 404 g/mol. The van der Waals surface area contributed by atoms with E-state index in [1.807, 2.05) is 0 Å². The number of nitrogens with one attached hydrogen (secondary N) is 1. The van der Waals surface area contributed by atoms with Gasteiger partial charge in [-0.05, 0) is 48.5 Å². The number of carbonyl (C=O) groups is 1. The maximum atomic E-state index is 13.3. The summed E-state index contributed by atoms with van der Waals surface area (Å²) in [6.45, 7) is 0. The lowest BCUT2D eigenvalue weighted by atomic mass is 10.2. The third kappa shape index (κ3) is 3.51. The molecule has 4 aromatic rings. The minimum absolute atomic E-state index is 0.116. The van der Waals surface area contributed by atoms with Crippen molar-refractivity contribution in [3.63, 3.8) is 0 Å². The molecular weight excluding hydrogens is 391 g/mol. The van der Waals surface area contributed by atoms with E-state index in [1.54, 1.807) is 24.3 Å². The molecule has 0 saturated heterocycles. The molecule has 9 heteroatoms. The Morgan fingerprint density at radius 1 is 1.00 bits per heavy atom. The number of hydrogen-bond donors (Lipinski definition) is 1. The Morgan fingerprint density at radius 2 is 1.67 bits per heavy atom. The van der Waals surface area contributed by atoms with E-state index in [2.05, 4.69) is 10.4 Å². The molecule has 0 bridgehead atoms. The Hall–Kier alpha value is -4.40. The second-order valence-electron chi connectivity index (χ2n) is 6.34. The zero-order valence-electron chi connectivity index (χ0n) is 15.3. The van der Waals surface area contributed by atoms with Gasteiger partial charge in [-0.2, -0.15) is 4.68 Å². The first-order valence-corrected chi connectivity index (χ1v) is 8.77. The lowest BCUT2D eigenvalue weighted by Gasteiger charge is -2.14. The zero-order chi connectivity index (χ0) is 21.3. The molecule has 0 saturated carbocycles. The van der Waals surface area contributed by atoms with Crippen molar-refractivity contribution in [3.8, 4) is 11.4 Å². The van der Waals surface area contributed by atoms with Gasteiger partial charge >= 0.3 is 0 Å². The number of rotatable bonds is 4. The van der Waals surface area contributed by atoms with Crippen molar-refractivity contribution < 1.29 is 14.1 Å². The minimum atomic E-state index is -0.660. The Kier molecular flexibility index (Phi) is 4.77. The molecule has 0 unspecified atom stereocenters. The number of nitro groups is 1. The largest absolute Gasteiger partial charge is 0.280 e. The average Bonchev–Trinajstić information content (AvgIpc) is 2.76. The number of halogens is 1. The van der Waals surface area contributed by atoms with Gasteiger partial charge < -0.3 is 0 Å². The predicted molar refractivity (Wildman–Crippen MR) is 108 cm³/mol. The Labute approximate surface area is 168 Å². The van der Waals surface area contributed by atoms with Crippen LogP contribution in [-0.2, 0) is 0 Å². The number of aromatic nitrogens is 2. The van der Waals surface area contributed by atoms with E-state index in [0.29, 0.717) is 11.1 Å².